The van der Waals surface area contributed by atoms with Gasteiger partial charge in [-0.15, -0.1) is 11.3 Å². The van der Waals surface area contributed by atoms with Crippen molar-refractivity contribution in [1.82, 2.24) is 15.4 Å². The zero-order valence-corrected chi connectivity index (χ0v) is 18.8. The summed E-state index contributed by atoms with van der Waals surface area (Å²) < 4.78 is 34.8. The molecule has 1 aliphatic carbocycles. The predicted octanol–water partition coefficient (Wildman–Crippen LogP) is 3.54. The van der Waals surface area contributed by atoms with Gasteiger partial charge in [0.2, 0.25) is 0 Å². The number of nitrogens with zero attached hydrogens (tertiary/aromatic N) is 2. The van der Waals surface area contributed by atoms with Gasteiger partial charge in [0.15, 0.2) is 0 Å². The normalized spacial score (nSPS) is 18.3. The molecule has 1 aliphatic rings. The number of sulfonamides is 1. The number of anilines is 1. The molecule has 4 rings (SSSR count). The summed E-state index contributed by atoms with van der Waals surface area (Å²) in [5.41, 5.74) is 1.68. The lowest BCUT2D eigenvalue weighted by molar-refractivity contribution is 0.0706. The van der Waals surface area contributed by atoms with Gasteiger partial charge in [0.25, 0.3) is 15.9 Å². The molecule has 166 valence electrons. The third-order valence-electron chi connectivity index (χ3n) is 5.00. The Morgan fingerprint density at radius 2 is 2.03 bits per heavy atom. The van der Waals surface area contributed by atoms with Crippen LogP contribution in [0.3, 0.4) is 0 Å². The summed E-state index contributed by atoms with van der Waals surface area (Å²) in [6, 6.07) is 3.45. The zero-order valence-electron chi connectivity index (χ0n) is 17.2. The summed E-state index contributed by atoms with van der Waals surface area (Å²) in [7, 11) is -4.04. The molecule has 1 unspecified atom stereocenters. The Balaban J connectivity index is 1.64. The number of allylic oxidation sites excluding steroid dienone is 1. The number of aryl methyl sites for hydroxylation is 1. The summed E-state index contributed by atoms with van der Waals surface area (Å²) in [5, 5.41) is 13.1. The molecule has 0 aromatic carbocycles. The summed E-state index contributed by atoms with van der Waals surface area (Å²) in [4.78, 5) is 20.6. The van der Waals surface area contributed by atoms with Gasteiger partial charge in [0.05, 0.1) is 27.4 Å². The van der Waals surface area contributed by atoms with E-state index in [4.69, 9.17) is 9.94 Å². The van der Waals surface area contributed by atoms with Gasteiger partial charge in [-0.05, 0) is 38.1 Å². The van der Waals surface area contributed by atoms with E-state index < -0.39 is 21.5 Å². The van der Waals surface area contributed by atoms with E-state index in [0.29, 0.717) is 23.1 Å². The second-order valence-electron chi connectivity index (χ2n) is 7.41. The van der Waals surface area contributed by atoms with Crippen molar-refractivity contribution in [2.75, 3.05) is 4.72 Å². The second kappa shape index (κ2) is 8.34. The maximum absolute atomic E-state index is 13.2. The van der Waals surface area contributed by atoms with Gasteiger partial charge in [-0.3, -0.25) is 24.7 Å². The molecule has 0 bridgehead atoms. The number of amides is 1. The van der Waals surface area contributed by atoms with Crippen LogP contribution in [-0.4, -0.2) is 35.1 Å². The van der Waals surface area contributed by atoms with Crippen LogP contribution in [0.4, 0.5) is 5.69 Å². The molecule has 0 fully saturated rings. The number of carbonyl (C=O) groups is 1. The molecular weight excluding hydrogens is 452 g/mol. The van der Waals surface area contributed by atoms with Gasteiger partial charge < -0.3 is 4.74 Å². The van der Waals surface area contributed by atoms with E-state index in [1.807, 2.05) is 6.92 Å². The number of hydrogen-bond acceptors (Lipinski definition) is 8. The lowest BCUT2D eigenvalue weighted by Crippen LogP contribution is -2.32. The molecule has 0 aliphatic heterocycles. The van der Waals surface area contributed by atoms with Gasteiger partial charge in [-0.2, -0.15) is 0 Å². The zero-order chi connectivity index (χ0) is 22.9. The third kappa shape index (κ3) is 4.22. The molecule has 0 spiro atoms. The minimum Gasteiger partial charge on any atom is -0.483 e. The maximum atomic E-state index is 13.2. The minimum atomic E-state index is -4.04. The Kier molecular flexibility index (Phi) is 5.71. The quantitative estimate of drug-likeness (QED) is 0.369. The number of rotatable bonds is 6. The second-order valence-corrected chi connectivity index (χ2v) is 9.83. The molecule has 0 saturated carbocycles. The fourth-order valence-electron chi connectivity index (χ4n) is 3.40. The molecule has 1 atom stereocenters. The average Bonchev–Trinajstić information content (AvgIpc) is 3.22. The number of aromatic nitrogens is 2. The largest absolute Gasteiger partial charge is 0.483 e. The van der Waals surface area contributed by atoms with Gasteiger partial charge >= 0.3 is 0 Å². The summed E-state index contributed by atoms with van der Waals surface area (Å²) >= 11 is 1.32. The van der Waals surface area contributed by atoms with Crippen molar-refractivity contribution < 1.29 is 23.2 Å². The lowest BCUT2D eigenvalue weighted by atomic mass is 9.97. The van der Waals surface area contributed by atoms with Crippen LogP contribution in [0.25, 0.3) is 10.9 Å². The van der Waals surface area contributed by atoms with Crippen LogP contribution in [0.15, 0.2) is 58.4 Å². The van der Waals surface area contributed by atoms with Crippen molar-refractivity contribution >= 4 is 43.9 Å². The highest BCUT2D eigenvalue weighted by atomic mass is 32.2. The molecule has 9 nitrogen and oxygen atoms in total. The highest BCUT2D eigenvalue weighted by molar-refractivity contribution is 7.96. The number of carbonyl (C=O) groups excluding carboxylic acids is 1. The van der Waals surface area contributed by atoms with Gasteiger partial charge in [0, 0.05) is 35.0 Å². The van der Waals surface area contributed by atoms with E-state index in [1.165, 1.54) is 17.4 Å². The SMILES string of the molecule is Cc1nc2cscc2c(NS(=O)(=O)C2=CCC(C)(Oc3ccncc3)C=C2)c1C(=O)NO. The van der Waals surface area contributed by atoms with Crippen LogP contribution >= 0.6 is 11.3 Å². The minimum absolute atomic E-state index is 0.0431. The fourth-order valence-corrected chi connectivity index (χ4v) is 5.30. The van der Waals surface area contributed by atoms with Crippen LogP contribution in [-0.2, 0) is 10.0 Å². The number of fused-ring (bicyclic) bond motifs is 1. The average molecular weight is 473 g/mol. The van der Waals surface area contributed by atoms with Crippen molar-refractivity contribution in [3.63, 3.8) is 0 Å². The van der Waals surface area contributed by atoms with Gasteiger partial charge in [-0.25, -0.2) is 13.9 Å². The predicted molar refractivity (Wildman–Crippen MR) is 121 cm³/mol. The van der Waals surface area contributed by atoms with Crippen LogP contribution in [0, 0.1) is 6.92 Å². The Hall–Kier alpha value is -3.28. The number of ether oxygens (including phenoxy) is 1. The van der Waals surface area contributed by atoms with Crippen LogP contribution in [0.5, 0.6) is 5.75 Å². The first-order chi connectivity index (χ1) is 15.2. The van der Waals surface area contributed by atoms with E-state index in [-0.39, 0.29) is 21.8 Å². The summed E-state index contributed by atoms with van der Waals surface area (Å²) in [6.07, 6.45) is 8.26. The van der Waals surface area contributed by atoms with Crippen molar-refractivity contribution in [2.24, 2.45) is 0 Å². The highest BCUT2D eigenvalue weighted by Gasteiger charge is 2.30. The van der Waals surface area contributed by atoms with Crippen molar-refractivity contribution in [1.29, 1.82) is 0 Å². The van der Waals surface area contributed by atoms with Crippen LogP contribution in [0.2, 0.25) is 0 Å². The maximum Gasteiger partial charge on any atom is 0.278 e. The molecule has 3 heterocycles. The van der Waals surface area contributed by atoms with Gasteiger partial charge in [-0.1, -0.05) is 6.08 Å². The Bertz CT molecular complexity index is 1350. The van der Waals surface area contributed by atoms with E-state index in [9.17, 15) is 13.2 Å². The Labute approximate surface area is 188 Å². The van der Waals surface area contributed by atoms with Crippen LogP contribution in [0.1, 0.15) is 29.4 Å². The number of nitrogens with one attached hydrogen (secondary N) is 2. The molecule has 1 amide bonds. The smallest absolute Gasteiger partial charge is 0.278 e. The number of hydroxylamine groups is 1. The highest BCUT2D eigenvalue weighted by Crippen LogP contribution is 2.34. The molecule has 0 saturated heterocycles. The first-order valence-corrected chi connectivity index (χ1v) is 12.0. The molecule has 3 N–H and O–H groups in total. The molecule has 11 heteroatoms. The first-order valence-electron chi connectivity index (χ1n) is 9.55. The third-order valence-corrected chi connectivity index (χ3v) is 7.12. The molecular formula is C21H20N4O5S2. The van der Waals surface area contributed by atoms with Crippen molar-refractivity contribution in [3.8, 4) is 5.75 Å². The van der Waals surface area contributed by atoms with E-state index in [1.54, 1.807) is 59.8 Å². The number of thiophene rings is 1. The Morgan fingerprint density at radius 3 is 2.69 bits per heavy atom. The molecule has 3 aromatic rings. The van der Waals surface area contributed by atoms with E-state index in [2.05, 4.69) is 14.7 Å². The molecule has 0 radical (unpaired) electrons. The van der Waals surface area contributed by atoms with Crippen LogP contribution < -0.4 is 14.9 Å². The lowest BCUT2D eigenvalue weighted by Gasteiger charge is -2.29. The fraction of sp³-hybridized carbons (Fsp3) is 0.190. The van der Waals surface area contributed by atoms with Crippen molar-refractivity contribution in [3.05, 3.63) is 69.7 Å². The number of pyridine rings is 2. The van der Waals surface area contributed by atoms with E-state index >= 15 is 0 Å². The standard InChI is InChI=1S/C21H20N4O5S2/c1-13-18(20(26)24-27)19(16-11-31-12-17(16)23-13)25-32(28,29)15-3-7-21(2,8-4-15)30-14-5-9-22-10-6-14/h3-7,9-12,25,27H,8H2,1-2H3,(H,24,26). The Morgan fingerprint density at radius 1 is 1.28 bits per heavy atom. The molecule has 3 aromatic heterocycles. The number of hydrogen-bond donors (Lipinski definition) is 3. The van der Waals surface area contributed by atoms with E-state index in [0.717, 1.165) is 0 Å². The summed E-state index contributed by atoms with van der Waals surface area (Å²) in [6.45, 7) is 3.42. The first kappa shape index (κ1) is 21.9. The van der Waals surface area contributed by atoms with Gasteiger partial charge in [0.1, 0.15) is 11.4 Å². The molecule has 32 heavy (non-hydrogen) atoms. The monoisotopic (exact) mass is 472 g/mol. The topological polar surface area (TPSA) is 131 Å². The summed E-state index contributed by atoms with van der Waals surface area (Å²) in [5.74, 6) is -0.232. The van der Waals surface area contributed by atoms with Crippen molar-refractivity contribution in [2.45, 2.75) is 25.9 Å².